The first-order valence-electron chi connectivity index (χ1n) is 7.97. The zero-order chi connectivity index (χ0) is 21.0. The molecule has 0 aliphatic carbocycles. The molecule has 0 unspecified atom stereocenters. The molecule has 0 bridgehead atoms. The molecular formula is C17H13F3N6O3. The SMILES string of the molecule is Cn1cnc(-c2noc(-c3ccccc3-c3ncc[nH]3)n2)c1.O=C(O)C(F)(F)F. The minimum Gasteiger partial charge on any atom is -0.475 e. The number of rotatable bonds is 3. The molecule has 0 saturated heterocycles. The van der Waals surface area contributed by atoms with Gasteiger partial charge < -0.3 is 19.2 Å². The first kappa shape index (κ1) is 19.8. The van der Waals surface area contributed by atoms with E-state index in [1.807, 2.05) is 42.1 Å². The van der Waals surface area contributed by atoms with Crippen molar-refractivity contribution in [3.63, 3.8) is 0 Å². The second-order valence-electron chi connectivity index (χ2n) is 5.63. The Morgan fingerprint density at radius 3 is 2.45 bits per heavy atom. The van der Waals surface area contributed by atoms with Crippen molar-refractivity contribution in [2.45, 2.75) is 6.18 Å². The Balaban J connectivity index is 0.000000298. The maximum atomic E-state index is 10.6. The van der Waals surface area contributed by atoms with Crippen molar-refractivity contribution >= 4 is 5.97 Å². The highest BCUT2D eigenvalue weighted by Gasteiger charge is 2.38. The van der Waals surface area contributed by atoms with Gasteiger partial charge in [-0.1, -0.05) is 23.4 Å². The molecule has 3 heterocycles. The second-order valence-corrected chi connectivity index (χ2v) is 5.63. The van der Waals surface area contributed by atoms with Gasteiger partial charge in [-0.25, -0.2) is 14.8 Å². The summed E-state index contributed by atoms with van der Waals surface area (Å²) >= 11 is 0. The van der Waals surface area contributed by atoms with Crippen molar-refractivity contribution in [1.82, 2.24) is 29.7 Å². The van der Waals surface area contributed by atoms with Gasteiger partial charge in [0.15, 0.2) is 0 Å². The molecule has 4 aromatic rings. The number of aromatic amines is 1. The molecule has 29 heavy (non-hydrogen) atoms. The molecule has 1 aromatic carbocycles. The first-order chi connectivity index (χ1) is 13.8. The van der Waals surface area contributed by atoms with Crippen LogP contribution in [0.2, 0.25) is 0 Å². The number of carboxylic acid groups (broad SMARTS) is 1. The van der Waals surface area contributed by atoms with Gasteiger partial charge in [0.2, 0.25) is 5.82 Å². The number of halogens is 3. The third kappa shape index (κ3) is 4.66. The molecule has 9 nitrogen and oxygen atoms in total. The lowest BCUT2D eigenvalue weighted by molar-refractivity contribution is -0.192. The summed E-state index contributed by atoms with van der Waals surface area (Å²) in [7, 11) is 1.89. The number of aliphatic carboxylic acids is 1. The number of nitrogens with zero attached hydrogens (tertiary/aromatic N) is 5. The van der Waals surface area contributed by atoms with E-state index < -0.39 is 12.1 Å². The number of H-pyrrole nitrogens is 1. The molecule has 0 aliphatic rings. The molecule has 0 saturated carbocycles. The van der Waals surface area contributed by atoms with Crippen molar-refractivity contribution in [2.75, 3.05) is 0 Å². The number of benzene rings is 1. The number of aryl methyl sites for hydroxylation is 1. The van der Waals surface area contributed by atoms with Crippen molar-refractivity contribution < 1.29 is 27.6 Å². The zero-order valence-electron chi connectivity index (χ0n) is 14.8. The average molecular weight is 406 g/mol. The summed E-state index contributed by atoms with van der Waals surface area (Å²) in [5.74, 6) is -1.10. The normalized spacial score (nSPS) is 11.0. The summed E-state index contributed by atoms with van der Waals surface area (Å²) in [5, 5.41) is 11.1. The van der Waals surface area contributed by atoms with Crippen molar-refractivity contribution in [3.05, 3.63) is 49.2 Å². The number of alkyl halides is 3. The Labute approximate surface area is 160 Å². The smallest absolute Gasteiger partial charge is 0.475 e. The fourth-order valence-corrected chi connectivity index (χ4v) is 2.25. The van der Waals surface area contributed by atoms with Gasteiger partial charge >= 0.3 is 12.1 Å². The summed E-state index contributed by atoms with van der Waals surface area (Å²) in [5.41, 5.74) is 2.41. The quantitative estimate of drug-likeness (QED) is 0.536. The molecule has 0 radical (unpaired) electrons. The Kier molecular flexibility index (Phi) is 5.43. The lowest BCUT2D eigenvalue weighted by Gasteiger charge is -2.02. The summed E-state index contributed by atoms with van der Waals surface area (Å²) in [6, 6.07) is 7.75. The predicted molar refractivity (Wildman–Crippen MR) is 93.2 cm³/mol. The van der Waals surface area contributed by atoms with Crippen LogP contribution in [0.15, 0.2) is 53.7 Å². The van der Waals surface area contributed by atoms with Crippen molar-refractivity contribution in [3.8, 4) is 34.4 Å². The van der Waals surface area contributed by atoms with Crippen LogP contribution in [0, 0.1) is 0 Å². The minimum atomic E-state index is -5.08. The molecule has 0 aliphatic heterocycles. The van der Waals surface area contributed by atoms with E-state index in [-0.39, 0.29) is 0 Å². The van der Waals surface area contributed by atoms with Gasteiger partial charge in [-0.2, -0.15) is 18.2 Å². The van der Waals surface area contributed by atoms with Crippen LogP contribution in [0.25, 0.3) is 34.4 Å². The van der Waals surface area contributed by atoms with Crippen LogP contribution in [0.1, 0.15) is 0 Å². The maximum absolute atomic E-state index is 10.6. The van der Waals surface area contributed by atoms with Crippen molar-refractivity contribution in [2.24, 2.45) is 7.05 Å². The third-order valence-electron chi connectivity index (χ3n) is 3.51. The fraction of sp³-hybridized carbons (Fsp3) is 0.118. The largest absolute Gasteiger partial charge is 0.490 e. The number of hydrogen-bond acceptors (Lipinski definition) is 6. The molecule has 150 valence electrons. The van der Waals surface area contributed by atoms with E-state index in [2.05, 4.69) is 25.1 Å². The van der Waals surface area contributed by atoms with Gasteiger partial charge in [0, 0.05) is 31.2 Å². The van der Waals surface area contributed by atoms with Crippen LogP contribution in [0.5, 0.6) is 0 Å². The molecule has 0 fully saturated rings. The van der Waals surface area contributed by atoms with Gasteiger partial charge in [0.05, 0.1) is 11.9 Å². The highest BCUT2D eigenvalue weighted by molar-refractivity contribution is 5.76. The van der Waals surface area contributed by atoms with E-state index in [0.29, 0.717) is 17.4 Å². The van der Waals surface area contributed by atoms with Gasteiger partial charge in [-0.3, -0.25) is 0 Å². The van der Waals surface area contributed by atoms with Crippen LogP contribution in [0.3, 0.4) is 0 Å². The lowest BCUT2D eigenvalue weighted by atomic mass is 10.1. The summed E-state index contributed by atoms with van der Waals surface area (Å²) < 4.78 is 39.0. The van der Waals surface area contributed by atoms with E-state index in [9.17, 15) is 13.2 Å². The Bertz CT molecular complexity index is 1100. The van der Waals surface area contributed by atoms with Crippen LogP contribution in [-0.4, -0.2) is 46.9 Å². The molecular weight excluding hydrogens is 393 g/mol. The molecule has 3 aromatic heterocycles. The number of carboxylic acids is 1. The molecule has 0 spiro atoms. The monoisotopic (exact) mass is 406 g/mol. The molecule has 2 N–H and O–H groups in total. The standard InChI is InChI=1S/C15H12N6O.C2HF3O2/c1-21-8-12(18-9-21)14-19-15(22-20-14)11-5-3-2-4-10(11)13-16-6-7-17-13;3-2(4,5)1(6)7/h2-9H,1H3,(H,16,17);(H,6,7). The number of hydrogen-bond donors (Lipinski definition) is 2. The first-order valence-corrected chi connectivity index (χ1v) is 7.97. The van der Waals surface area contributed by atoms with E-state index in [4.69, 9.17) is 14.4 Å². The molecule has 4 rings (SSSR count). The number of nitrogens with one attached hydrogen (secondary N) is 1. The Morgan fingerprint density at radius 1 is 1.21 bits per heavy atom. The Hall–Kier alpha value is -3.96. The van der Waals surface area contributed by atoms with Crippen LogP contribution >= 0.6 is 0 Å². The topological polar surface area (TPSA) is 123 Å². The summed E-state index contributed by atoms with van der Waals surface area (Å²) in [4.78, 5) is 24.9. The van der Waals surface area contributed by atoms with Crippen molar-refractivity contribution in [1.29, 1.82) is 0 Å². The fourth-order valence-electron chi connectivity index (χ4n) is 2.25. The van der Waals surface area contributed by atoms with Gasteiger partial charge in [-0.05, 0) is 6.07 Å². The Morgan fingerprint density at radius 2 is 1.90 bits per heavy atom. The minimum absolute atomic E-state index is 0.438. The van der Waals surface area contributed by atoms with E-state index >= 15 is 0 Å². The predicted octanol–water partition coefficient (Wildman–Crippen LogP) is 3.16. The summed E-state index contributed by atoms with van der Waals surface area (Å²) in [6.45, 7) is 0. The van der Waals surface area contributed by atoms with E-state index in [0.717, 1.165) is 17.0 Å². The van der Waals surface area contributed by atoms with Crippen LogP contribution < -0.4 is 0 Å². The van der Waals surface area contributed by atoms with Gasteiger partial charge in [0.25, 0.3) is 5.89 Å². The van der Waals surface area contributed by atoms with Gasteiger partial charge in [-0.15, -0.1) is 0 Å². The highest BCUT2D eigenvalue weighted by Crippen LogP contribution is 2.29. The zero-order valence-corrected chi connectivity index (χ0v) is 14.8. The summed E-state index contributed by atoms with van der Waals surface area (Å²) in [6.07, 6.45) is 1.94. The number of carbonyl (C=O) groups is 1. The molecule has 0 atom stereocenters. The van der Waals surface area contributed by atoms with E-state index in [1.165, 1.54) is 0 Å². The van der Waals surface area contributed by atoms with Crippen LogP contribution in [-0.2, 0) is 11.8 Å². The average Bonchev–Trinajstić information content (AvgIpc) is 3.43. The lowest BCUT2D eigenvalue weighted by Crippen LogP contribution is -2.21. The maximum Gasteiger partial charge on any atom is 0.490 e. The number of imidazole rings is 2. The molecule has 0 amide bonds. The number of aromatic nitrogens is 6. The van der Waals surface area contributed by atoms with Crippen LogP contribution in [0.4, 0.5) is 13.2 Å². The van der Waals surface area contributed by atoms with E-state index in [1.54, 1.807) is 18.7 Å². The molecule has 12 heteroatoms. The van der Waals surface area contributed by atoms with Gasteiger partial charge in [0.1, 0.15) is 11.5 Å². The third-order valence-corrected chi connectivity index (χ3v) is 3.51. The second kappa shape index (κ2) is 7.96. The highest BCUT2D eigenvalue weighted by atomic mass is 19.4.